The third-order valence-electron chi connectivity index (χ3n) is 7.10. The van der Waals surface area contributed by atoms with Crippen LogP contribution in [0.25, 0.3) is 0 Å². The van der Waals surface area contributed by atoms with Gasteiger partial charge < -0.3 is 9.47 Å². The van der Waals surface area contributed by atoms with Gasteiger partial charge in [-0.3, -0.25) is 0 Å². The SMILES string of the molecule is CCCCCCCCCCCC(C1CCC(CCC)O1)C1CCC(CCC)O1. The Hall–Kier alpha value is -0.0800. The summed E-state index contributed by atoms with van der Waals surface area (Å²) in [5, 5.41) is 0. The lowest BCUT2D eigenvalue weighted by atomic mass is 9.87. The summed E-state index contributed by atoms with van der Waals surface area (Å²) < 4.78 is 13.0. The fourth-order valence-corrected chi connectivity index (χ4v) is 5.47. The lowest BCUT2D eigenvalue weighted by molar-refractivity contribution is -0.0645. The lowest BCUT2D eigenvalue weighted by Crippen LogP contribution is -2.32. The van der Waals surface area contributed by atoms with E-state index in [-0.39, 0.29) is 0 Å². The summed E-state index contributed by atoms with van der Waals surface area (Å²) in [6.07, 6.45) is 26.1. The number of hydrogen-bond acceptors (Lipinski definition) is 2. The molecule has 0 aromatic heterocycles. The Morgan fingerprint density at radius 2 is 1.04 bits per heavy atom. The Kier molecular flexibility index (Phi) is 12.8. The van der Waals surface area contributed by atoms with Crippen LogP contribution in [-0.4, -0.2) is 24.4 Å². The summed E-state index contributed by atoms with van der Waals surface area (Å²) in [6, 6.07) is 0. The van der Waals surface area contributed by atoms with Crippen molar-refractivity contribution >= 4 is 0 Å². The van der Waals surface area contributed by atoms with Crippen molar-refractivity contribution in [2.24, 2.45) is 5.92 Å². The van der Waals surface area contributed by atoms with E-state index in [4.69, 9.17) is 9.47 Å². The Morgan fingerprint density at radius 1 is 0.571 bits per heavy atom. The van der Waals surface area contributed by atoms with Gasteiger partial charge in [-0.15, -0.1) is 0 Å². The summed E-state index contributed by atoms with van der Waals surface area (Å²) in [5.74, 6) is 0.647. The van der Waals surface area contributed by atoms with Gasteiger partial charge in [-0.05, 0) is 44.9 Å². The van der Waals surface area contributed by atoms with Crippen LogP contribution < -0.4 is 0 Å². The minimum absolute atomic E-state index is 0.468. The molecule has 2 rings (SSSR count). The highest BCUT2D eigenvalue weighted by atomic mass is 16.5. The average molecular weight is 395 g/mol. The molecule has 0 aliphatic carbocycles. The summed E-state index contributed by atoms with van der Waals surface area (Å²) in [6.45, 7) is 6.87. The minimum atomic E-state index is 0.468. The van der Waals surface area contributed by atoms with Crippen LogP contribution in [0.15, 0.2) is 0 Å². The van der Waals surface area contributed by atoms with Gasteiger partial charge in [0.2, 0.25) is 0 Å². The van der Waals surface area contributed by atoms with E-state index >= 15 is 0 Å². The first-order valence-corrected chi connectivity index (χ1v) is 13.1. The Bertz CT molecular complexity index is 345. The third-order valence-corrected chi connectivity index (χ3v) is 7.10. The number of rotatable bonds is 16. The van der Waals surface area contributed by atoms with Gasteiger partial charge in [-0.1, -0.05) is 91.4 Å². The molecule has 4 unspecified atom stereocenters. The van der Waals surface area contributed by atoms with Crippen molar-refractivity contribution in [3.05, 3.63) is 0 Å². The van der Waals surface area contributed by atoms with Gasteiger partial charge in [0.25, 0.3) is 0 Å². The molecule has 0 spiro atoms. The lowest BCUT2D eigenvalue weighted by Gasteiger charge is -2.29. The third kappa shape index (κ3) is 8.74. The summed E-state index contributed by atoms with van der Waals surface area (Å²) in [5.41, 5.74) is 0. The first kappa shape index (κ1) is 24.2. The van der Waals surface area contributed by atoms with Crippen LogP contribution in [0.4, 0.5) is 0 Å². The normalized spacial score (nSPS) is 28.8. The molecule has 166 valence electrons. The molecule has 0 bridgehead atoms. The number of ether oxygens (including phenoxy) is 2. The molecule has 2 aliphatic rings. The van der Waals surface area contributed by atoms with E-state index in [1.54, 1.807) is 0 Å². The highest BCUT2D eigenvalue weighted by molar-refractivity contribution is 4.88. The molecule has 0 aromatic carbocycles. The van der Waals surface area contributed by atoms with Gasteiger partial charge in [-0.25, -0.2) is 0 Å². The zero-order valence-corrected chi connectivity index (χ0v) is 19.4. The van der Waals surface area contributed by atoms with E-state index in [9.17, 15) is 0 Å². The minimum Gasteiger partial charge on any atom is -0.375 e. The molecule has 2 heterocycles. The van der Waals surface area contributed by atoms with Gasteiger partial charge in [0.1, 0.15) is 0 Å². The summed E-state index contributed by atoms with van der Waals surface area (Å²) in [4.78, 5) is 0. The zero-order chi connectivity index (χ0) is 20.0. The fraction of sp³-hybridized carbons (Fsp3) is 1.00. The second-order valence-electron chi connectivity index (χ2n) is 9.61. The molecular formula is C26H50O2. The van der Waals surface area contributed by atoms with Gasteiger partial charge in [0, 0.05) is 5.92 Å². The first-order valence-electron chi connectivity index (χ1n) is 13.1. The average Bonchev–Trinajstić information content (AvgIpc) is 3.34. The molecule has 2 fully saturated rings. The predicted octanol–water partition coefficient (Wildman–Crippen LogP) is 8.22. The Balaban J connectivity index is 1.71. The van der Waals surface area contributed by atoms with Crippen molar-refractivity contribution < 1.29 is 9.47 Å². The van der Waals surface area contributed by atoms with Gasteiger partial charge in [0.05, 0.1) is 24.4 Å². The van der Waals surface area contributed by atoms with Crippen LogP contribution in [0.1, 0.15) is 136 Å². The molecule has 2 saturated heterocycles. The highest BCUT2D eigenvalue weighted by Crippen LogP contribution is 2.38. The van der Waals surface area contributed by atoms with Crippen LogP contribution in [0.5, 0.6) is 0 Å². The van der Waals surface area contributed by atoms with Crippen LogP contribution in [0.2, 0.25) is 0 Å². The van der Waals surface area contributed by atoms with Crippen molar-refractivity contribution in [3.63, 3.8) is 0 Å². The number of unbranched alkanes of at least 4 members (excludes halogenated alkanes) is 8. The largest absolute Gasteiger partial charge is 0.375 e. The molecule has 2 aliphatic heterocycles. The molecule has 2 nitrogen and oxygen atoms in total. The standard InChI is InChI=1S/C26H50O2/c1-4-7-8-9-10-11-12-13-14-17-24(25-20-18-22(27-25)15-5-2)26-21-19-23(28-26)16-6-3/h22-26H,4-21H2,1-3H3. The van der Waals surface area contributed by atoms with E-state index in [1.807, 2.05) is 0 Å². The second kappa shape index (κ2) is 14.8. The van der Waals surface area contributed by atoms with E-state index < -0.39 is 0 Å². The van der Waals surface area contributed by atoms with Crippen molar-refractivity contribution in [1.82, 2.24) is 0 Å². The monoisotopic (exact) mass is 394 g/mol. The topological polar surface area (TPSA) is 18.5 Å². The number of hydrogen-bond donors (Lipinski definition) is 0. The molecule has 0 radical (unpaired) electrons. The Labute approximate surface area is 176 Å². The second-order valence-corrected chi connectivity index (χ2v) is 9.61. The van der Waals surface area contributed by atoms with Crippen molar-refractivity contribution in [3.8, 4) is 0 Å². The molecule has 4 atom stereocenters. The summed E-state index contributed by atoms with van der Waals surface area (Å²) >= 11 is 0. The van der Waals surface area contributed by atoms with Crippen LogP contribution in [0, 0.1) is 5.92 Å². The van der Waals surface area contributed by atoms with Crippen LogP contribution >= 0.6 is 0 Å². The quantitative estimate of drug-likeness (QED) is 0.245. The molecule has 0 aromatic rings. The van der Waals surface area contributed by atoms with Gasteiger partial charge >= 0.3 is 0 Å². The van der Waals surface area contributed by atoms with Crippen LogP contribution in [0.3, 0.4) is 0 Å². The van der Waals surface area contributed by atoms with E-state index in [1.165, 1.54) is 116 Å². The molecule has 0 saturated carbocycles. The molecule has 0 amide bonds. The van der Waals surface area contributed by atoms with E-state index in [0.717, 1.165) is 0 Å². The molecular weight excluding hydrogens is 344 g/mol. The predicted molar refractivity (Wildman–Crippen MR) is 121 cm³/mol. The molecule has 0 N–H and O–H groups in total. The van der Waals surface area contributed by atoms with Crippen molar-refractivity contribution in [2.45, 2.75) is 161 Å². The zero-order valence-electron chi connectivity index (χ0n) is 19.4. The Morgan fingerprint density at radius 3 is 1.50 bits per heavy atom. The fourth-order valence-electron chi connectivity index (χ4n) is 5.47. The smallest absolute Gasteiger partial charge is 0.0632 e. The molecule has 2 heteroatoms. The summed E-state index contributed by atoms with van der Waals surface area (Å²) in [7, 11) is 0. The molecule has 28 heavy (non-hydrogen) atoms. The maximum Gasteiger partial charge on any atom is 0.0632 e. The first-order chi connectivity index (χ1) is 13.8. The van der Waals surface area contributed by atoms with E-state index in [2.05, 4.69) is 20.8 Å². The van der Waals surface area contributed by atoms with Crippen LogP contribution in [-0.2, 0) is 9.47 Å². The van der Waals surface area contributed by atoms with Crippen molar-refractivity contribution in [2.75, 3.05) is 0 Å². The van der Waals surface area contributed by atoms with Gasteiger partial charge in [0.15, 0.2) is 0 Å². The maximum atomic E-state index is 6.52. The van der Waals surface area contributed by atoms with Crippen molar-refractivity contribution in [1.29, 1.82) is 0 Å². The van der Waals surface area contributed by atoms with E-state index in [0.29, 0.717) is 30.3 Å². The van der Waals surface area contributed by atoms with Gasteiger partial charge in [-0.2, -0.15) is 0 Å². The highest BCUT2D eigenvalue weighted by Gasteiger charge is 2.39. The maximum absolute atomic E-state index is 6.52.